The van der Waals surface area contributed by atoms with E-state index in [0.717, 1.165) is 10.7 Å². The van der Waals surface area contributed by atoms with Crippen molar-refractivity contribution in [1.82, 2.24) is 9.21 Å². The van der Waals surface area contributed by atoms with Gasteiger partial charge in [-0.25, -0.2) is 17.5 Å². The molecule has 1 aromatic carbocycles. The van der Waals surface area contributed by atoms with Crippen molar-refractivity contribution in [3.63, 3.8) is 0 Å². The molecule has 150 valence electrons. The maximum atomic E-state index is 12.4. The topological polar surface area (TPSA) is 84.0 Å². The number of amides is 1. The maximum Gasteiger partial charge on any atom is 0.338 e. The first-order chi connectivity index (χ1) is 12.5. The molecule has 2 atom stereocenters. The third-order valence-electron chi connectivity index (χ3n) is 4.76. The number of benzene rings is 1. The first-order valence-corrected chi connectivity index (χ1v) is 10.4. The summed E-state index contributed by atoms with van der Waals surface area (Å²) in [4.78, 5) is 26.5. The van der Waals surface area contributed by atoms with E-state index in [9.17, 15) is 18.0 Å². The molecule has 7 nitrogen and oxygen atoms in total. The average Bonchev–Trinajstić information content (AvgIpc) is 2.58. The Morgan fingerprint density at radius 3 is 2.33 bits per heavy atom. The Hall–Kier alpha value is -1.93. The Labute approximate surface area is 161 Å². The Morgan fingerprint density at radius 1 is 1.19 bits per heavy atom. The number of rotatable bonds is 5. The molecule has 1 aliphatic rings. The van der Waals surface area contributed by atoms with Crippen LogP contribution < -0.4 is 0 Å². The van der Waals surface area contributed by atoms with Gasteiger partial charge in [0.15, 0.2) is 6.61 Å². The van der Waals surface area contributed by atoms with Gasteiger partial charge in [0.25, 0.3) is 5.91 Å². The number of hydrogen-bond donors (Lipinski definition) is 0. The highest BCUT2D eigenvalue weighted by Crippen LogP contribution is 2.22. The first-order valence-electron chi connectivity index (χ1n) is 9.00. The van der Waals surface area contributed by atoms with Crippen molar-refractivity contribution in [2.75, 3.05) is 33.8 Å². The molecule has 0 aliphatic carbocycles. The van der Waals surface area contributed by atoms with Crippen LogP contribution in [0.2, 0.25) is 0 Å². The van der Waals surface area contributed by atoms with Gasteiger partial charge < -0.3 is 9.64 Å². The molecule has 0 aromatic heterocycles. The van der Waals surface area contributed by atoms with E-state index in [1.807, 2.05) is 0 Å². The van der Waals surface area contributed by atoms with Gasteiger partial charge in [-0.1, -0.05) is 19.9 Å². The number of likely N-dealkylation sites (tertiary alicyclic amines) is 1. The van der Waals surface area contributed by atoms with Gasteiger partial charge in [0.1, 0.15) is 0 Å². The lowest BCUT2D eigenvalue weighted by Crippen LogP contribution is -2.44. The van der Waals surface area contributed by atoms with Crippen LogP contribution in [0, 0.1) is 18.8 Å². The predicted molar refractivity (Wildman–Crippen MR) is 102 cm³/mol. The number of aryl methyl sites for hydroxylation is 1. The summed E-state index contributed by atoms with van der Waals surface area (Å²) in [6.07, 6.45) is 1.08. The molecule has 1 fully saturated rings. The number of sulfonamides is 1. The predicted octanol–water partition coefficient (Wildman–Crippen LogP) is 1.91. The number of esters is 1. The van der Waals surface area contributed by atoms with E-state index in [2.05, 4.69) is 13.8 Å². The van der Waals surface area contributed by atoms with Crippen LogP contribution in [0.25, 0.3) is 0 Å². The fraction of sp³-hybridized carbons (Fsp3) is 0.579. The minimum Gasteiger partial charge on any atom is -0.452 e. The van der Waals surface area contributed by atoms with Crippen molar-refractivity contribution in [2.45, 2.75) is 32.1 Å². The molecule has 0 radical (unpaired) electrons. The quantitative estimate of drug-likeness (QED) is 0.710. The lowest BCUT2D eigenvalue weighted by Gasteiger charge is -2.34. The molecule has 0 unspecified atom stereocenters. The van der Waals surface area contributed by atoms with E-state index in [-0.39, 0.29) is 23.0 Å². The van der Waals surface area contributed by atoms with Crippen LogP contribution in [-0.4, -0.2) is 63.3 Å². The second kappa shape index (κ2) is 8.39. The van der Waals surface area contributed by atoms with Crippen molar-refractivity contribution in [3.05, 3.63) is 29.3 Å². The van der Waals surface area contributed by atoms with Crippen molar-refractivity contribution in [2.24, 2.45) is 11.8 Å². The summed E-state index contributed by atoms with van der Waals surface area (Å²) in [5, 5.41) is 0. The molecule has 1 aliphatic heterocycles. The summed E-state index contributed by atoms with van der Waals surface area (Å²) in [6, 6.07) is 4.30. The van der Waals surface area contributed by atoms with E-state index in [1.54, 1.807) is 17.9 Å². The van der Waals surface area contributed by atoms with Crippen LogP contribution in [-0.2, 0) is 19.6 Å². The molecule has 1 amide bonds. The summed E-state index contributed by atoms with van der Waals surface area (Å²) in [6.45, 7) is 6.87. The molecule has 27 heavy (non-hydrogen) atoms. The molecule has 0 saturated carbocycles. The van der Waals surface area contributed by atoms with Crippen LogP contribution in [0.4, 0.5) is 0 Å². The number of hydrogen-bond acceptors (Lipinski definition) is 5. The monoisotopic (exact) mass is 396 g/mol. The third-order valence-corrected chi connectivity index (χ3v) is 6.57. The second-order valence-electron chi connectivity index (χ2n) is 7.59. The fourth-order valence-corrected chi connectivity index (χ4v) is 4.28. The highest BCUT2D eigenvalue weighted by Gasteiger charge is 2.26. The standard InChI is InChI=1S/C19H28N2O5S/c1-13-8-14(2)11-21(10-13)18(22)12-26-19(23)17-9-16(7-6-15(17)3)27(24,25)20(4)5/h6-7,9,13-14H,8,10-12H2,1-5H3/t13-,14-/m0/s1. The van der Waals surface area contributed by atoms with Gasteiger partial charge in [-0.2, -0.15) is 0 Å². The van der Waals surface area contributed by atoms with Gasteiger partial charge in [0, 0.05) is 27.2 Å². The molecule has 1 heterocycles. The van der Waals surface area contributed by atoms with Crippen LogP contribution in [0.3, 0.4) is 0 Å². The first kappa shape index (κ1) is 21.4. The molecular formula is C19H28N2O5S. The van der Waals surface area contributed by atoms with E-state index < -0.39 is 16.0 Å². The van der Waals surface area contributed by atoms with E-state index in [0.29, 0.717) is 30.5 Å². The zero-order chi connectivity index (χ0) is 20.4. The van der Waals surface area contributed by atoms with E-state index in [1.165, 1.54) is 26.2 Å². The SMILES string of the molecule is Cc1ccc(S(=O)(=O)N(C)C)cc1C(=O)OCC(=O)N1C[C@@H](C)C[C@H](C)C1. The van der Waals surface area contributed by atoms with Crippen molar-refractivity contribution in [3.8, 4) is 0 Å². The van der Waals surface area contributed by atoms with Gasteiger partial charge in [0.2, 0.25) is 10.0 Å². The summed E-state index contributed by atoms with van der Waals surface area (Å²) in [5.74, 6) is -0.0848. The molecule has 0 spiro atoms. The molecule has 1 saturated heterocycles. The van der Waals surface area contributed by atoms with Crippen LogP contribution in [0.1, 0.15) is 36.2 Å². The van der Waals surface area contributed by atoms with Gasteiger partial charge in [-0.05, 0) is 42.9 Å². The molecule has 0 N–H and O–H groups in total. The highest BCUT2D eigenvalue weighted by atomic mass is 32.2. The smallest absolute Gasteiger partial charge is 0.338 e. The van der Waals surface area contributed by atoms with Crippen LogP contribution in [0.5, 0.6) is 0 Å². The van der Waals surface area contributed by atoms with Crippen LogP contribution >= 0.6 is 0 Å². The van der Waals surface area contributed by atoms with Gasteiger partial charge >= 0.3 is 5.97 Å². The highest BCUT2D eigenvalue weighted by molar-refractivity contribution is 7.89. The molecule has 0 bridgehead atoms. The van der Waals surface area contributed by atoms with E-state index >= 15 is 0 Å². The fourth-order valence-electron chi connectivity index (χ4n) is 3.36. The number of nitrogens with zero attached hydrogens (tertiary/aromatic N) is 2. The van der Waals surface area contributed by atoms with E-state index in [4.69, 9.17) is 4.74 Å². The number of carbonyl (C=O) groups excluding carboxylic acids is 2. The zero-order valence-electron chi connectivity index (χ0n) is 16.6. The van der Waals surface area contributed by atoms with Crippen LogP contribution in [0.15, 0.2) is 23.1 Å². The van der Waals surface area contributed by atoms with Gasteiger partial charge in [-0.15, -0.1) is 0 Å². The Kier molecular flexibility index (Phi) is 6.64. The lowest BCUT2D eigenvalue weighted by atomic mass is 9.92. The van der Waals surface area contributed by atoms with Crippen molar-refractivity contribution >= 4 is 21.9 Å². The number of ether oxygens (including phenoxy) is 1. The van der Waals surface area contributed by atoms with Crippen molar-refractivity contribution < 1.29 is 22.7 Å². The van der Waals surface area contributed by atoms with Gasteiger partial charge in [0.05, 0.1) is 10.5 Å². The largest absolute Gasteiger partial charge is 0.452 e. The second-order valence-corrected chi connectivity index (χ2v) is 9.74. The number of piperidine rings is 1. The zero-order valence-corrected chi connectivity index (χ0v) is 17.4. The summed E-state index contributed by atoms with van der Waals surface area (Å²) >= 11 is 0. The minimum atomic E-state index is -3.66. The minimum absolute atomic E-state index is 0.00931. The Morgan fingerprint density at radius 2 is 1.78 bits per heavy atom. The molecule has 1 aromatic rings. The third kappa shape index (κ3) is 5.07. The summed E-state index contributed by atoms with van der Waals surface area (Å²) < 4.78 is 30.8. The number of carbonyl (C=O) groups is 2. The average molecular weight is 397 g/mol. The molecular weight excluding hydrogens is 368 g/mol. The molecule has 2 rings (SSSR count). The maximum absolute atomic E-state index is 12.4. The molecule has 8 heteroatoms. The Balaban J connectivity index is 2.09. The van der Waals surface area contributed by atoms with Crippen molar-refractivity contribution in [1.29, 1.82) is 0 Å². The lowest BCUT2D eigenvalue weighted by molar-refractivity contribution is -0.137. The summed E-state index contributed by atoms with van der Waals surface area (Å²) in [7, 11) is -0.814. The summed E-state index contributed by atoms with van der Waals surface area (Å²) in [5.41, 5.74) is 0.733. The normalized spacial score (nSPS) is 20.6. The van der Waals surface area contributed by atoms with Gasteiger partial charge in [-0.3, -0.25) is 4.79 Å². The Bertz CT molecular complexity index is 809.